The van der Waals surface area contributed by atoms with Crippen LogP contribution in [0.4, 0.5) is 0 Å². The second-order valence-electron chi connectivity index (χ2n) is 5.49. The van der Waals surface area contributed by atoms with E-state index in [2.05, 4.69) is 15.2 Å². The van der Waals surface area contributed by atoms with Gasteiger partial charge >= 0.3 is 5.97 Å². The molecule has 7 nitrogen and oxygen atoms in total. The van der Waals surface area contributed by atoms with Crippen molar-refractivity contribution in [1.82, 2.24) is 19.7 Å². The lowest BCUT2D eigenvalue weighted by molar-refractivity contribution is 0.0501. The Kier molecular flexibility index (Phi) is 6.05. The van der Waals surface area contributed by atoms with Gasteiger partial charge in [0.05, 0.1) is 19.8 Å². The molecule has 26 heavy (non-hydrogen) atoms. The number of carbonyl (C=O) groups is 1. The zero-order chi connectivity index (χ0) is 18.2. The van der Waals surface area contributed by atoms with E-state index in [0.717, 1.165) is 11.1 Å². The Bertz CT molecular complexity index is 835. The smallest absolute Gasteiger partial charge is 0.376 e. The van der Waals surface area contributed by atoms with Crippen molar-refractivity contribution in [1.29, 1.82) is 0 Å². The summed E-state index contributed by atoms with van der Waals surface area (Å²) in [5.41, 5.74) is 1.92. The molecule has 0 radical (unpaired) electrons. The van der Waals surface area contributed by atoms with Crippen molar-refractivity contribution in [3.05, 3.63) is 66.2 Å². The average molecular weight is 352 g/mol. The molecule has 0 aliphatic rings. The average Bonchev–Trinajstić information content (AvgIpc) is 3.11. The molecule has 0 N–H and O–H groups in total. The zero-order valence-corrected chi connectivity index (χ0v) is 14.5. The molecule has 0 fully saturated rings. The van der Waals surface area contributed by atoms with Gasteiger partial charge in [-0.25, -0.2) is 4.79 Å². The van der Waals surface area contributed by atoms with Crippen molar-refractivity contribution in [2.24, 2.45) is 0 Å². The van der Waals surface area contributed by atoms with Gasteiger partial charge in [0.25, 0.3) is 0 Å². The lowest BCUT2D eigenvalue weighted by atomic mass is 10.2. The molecular weight excluding hydrogens is 332 g/mol. The first-order valence-electron chi connectivity index (χ1n) is 8.42. The Morgan fingerprint density at radius 1 is 1.08 bits per heavy atom. The van der Waals surface area contributed by atoms with Crippen LogP contribution >= 0.6 is 0 Å². The van der Waals surface area contributed by atoms with Gasteiger partial charge in [0, 0.05) is 24.5 Å². The fraction of sp³-hybridized carbons (Fsp3) is 0.263. The molecule has 2 heterocycles. The number of nitrogens with zero attached hydrogens (tertiary/aromatic N) is 4. The summed E-state index contributed by atoms with van der Waals surface area (Å²) in [5, 5.41) is 8.17. The van der Waals surface area contributed by atoms with E-state index in [-0.39, 0.29) is 12.4 Å². The number of carbonyl (C=O) groups excluding carboxylic acids is 1. The molecule has 1 aromatic carbocycles. The van der Waals surface area contributed by atoms with Crippen LogP contribution in [0, 0.1) is 0 Å². The maximum Gasteiger partial charge on any atom is 0.376 e. The topological polar surface area (TPSA) is 79.1 Å². The summed E-state index contributed by atoms with van der Waals surface area (Å²) in [6, 6.07) is 13.6. The highest BCUT2D eigenvalue weighted by atomic mass is 16.5. The van der Waals surface area contributed by atoms with Gasteiger partial charge in [-0.1, -0.05) is 30.3 Å². The number of esters is 1. The number of pyridine rings is 1. The third kappa shape index (κ3) is 4.31. The minimum absolute atomic E-state index is 0.168. The van der Waals surface area contributed by atoms with Gasteiger partial charge in [-0.3, -0.25) is 9.55 Å². The van der Waals surface area contributed by atoms with Crippen LogP contribution in [0.5, 0.6) is 0 Å². The SMILES string of the molecule is CCOC(=O)c1nnc(-c2ccncc2)n1CCOCc1ccccc1. The van der Waals surface area contributed by atoms with Gasteiger partial charge < -0.3 is 9.47 Å². The summed E-state index contributed by atoms with van der Waals surface area (Å²) >= 11 is 0. The van der Waals surface area contributed by atoms with Gasteiger partial charge in [-0.05, 0) is 24.6 Å². The molecular formula is C19H20N4O3. The van der Waals surface area contributed by atoms with E-state index in [1.54, 1.807) is 23.9 Å². The Labute approximate surface area is 151 Å². The summed E-state index contributed by atoms with van der Waals surface area (Å²) in [6.07, 6.45) is 3.34. The first-order chi connectivity index (χ1) is 12.8. The van der Waals surface area contributed by atoms with Crippen LogP contribution in [-0.2, 0) is 22.6 Å². The molecule has 0 saturated heterocycles. The number of ether oxygens (including phenoxy) is 2. The van der Waals surface area contributed by atoms with Crippen molar-refractivity contribution in [2.75, 3.05) is 13.2 Å². The lowest BCUT2D eigenvalue weighted by Crippen LogP contribution is -2.17. The van der Waals surface area contributed by atoms with Gasteiger partial charge in [-0.15, -0.1) is 10.2 Å². The summed E-state index contributed by atoms with van der Waals surface area (Å²) in [6.45, 7) is 3.39. The second-order valence-corrected chi connectivity index (χ2v) is 5.49. The molecule has 0 aliphatic carbocycles. The first kappa shape index (κ1) is 17.8. The fourth-order valence-corrected chi connectivity index (χ4v) is 2.50. The second kappa shape index (κ2) is 8.87. The normalized spacial score (nSPS) is 10.7. The molecule has 0 aliphatic heterocycles. The van der Waals surface area contributed by atoms with Crippen molar-refractivity contribution in [3.63, 3.8) is 0 Å². The summed E-state index contributed by atoms with van der Waals surface area (Å²) in [4.78, 5) is 16.2. The Morgan fingerprint density at radius 3 is 2.58 bits per heavy atom. The molecule has 0 amide bonds. The van der Waals surface area contributed by atoms with E-state index in [1.165, 1.54) is 0 Å². The molecule has 0 bridgehead atoms. The van der Waals surface area contributed by atoms with E-state index in [9.17, 15) is 4.79 Å². The number of aromatic nitrogens is 4. The van der Waals surface area contributed by atoms with Crippen LogP contribution < -0.4 is 0 Å². The predicted molar refractivity (Wildman–Crippen MR) is 95.3 cm³/mol. The summed E-state index contributed by atoms with van der Waals surface area (Å²) in [5.74, 6) is 0.254. The Hall–Kier alpha value is -3.06. The maximum absolute atomic E-state index is 12.2. The Morgan fingerprint density at radius 2 is 1.85 bits per heavy atom. The first-order valence-corrected chi connectivity index (χ1v) is 8.42. The van der Waals surface area contributed by atoms with Crippen molar-refractivity contribution in [2.45, 2.75) is 20.1 Å². The van der Waals surface area contributed by atoms with Crippen LogP contribution in [0.25, 0.3) is 11.4 Å². The molecule has 3 aromatic rings. The molecule has 3 rings (SSSR count). The minimum Gasteiger partial charge on any atom is -0.460 e. The zero-order valence-electron chi connectivity index (χ0n) is 14.5. The van der Waals surface area contributed by atoms with Crippen molar-refractivity contribution < 1.29 is 14.3 Å². The number of rotatable bonds is 8. The number of benzene rings is 1. The monoisotopic (exact) mass is 352 g/mol. The number of hydrogen-bond donors (Lipinski definition) is 0. The third-order valence-electron chi connectivity index (χ3n) is 3.72. The van der Waals surface area contributed by atoms with Crippen LogP contribution in [-0.4, -0.2) is 38.9 Å². The molecule has 0 spiro atoms. The highest BCUT2D eigenvalue weighted by molar-refractivity contribution is 5.86. The largest absolute Gasteiger partial charge is 0.460 e. The van der Waals surface area contributed by atoms with E-state index in [4.69, 9.17) is 9.47 Å². The minimum atomic E-state index is -0.497. The van der Waals surface area contributed by atoms with E-state index in [0.29, 0.717) is 25.6 Å². The highest BCUT2D eigenvalue weighted by Gasteiger charge is 2.20. The van der Waals surface area contributed by atoms with Gasteiger partial charge in [0.2, 0.25) is 5.82 Å². The van der Waals surface area contributed by atoms with E-state index >= 15 is 0 Å². The maximum atomic E-state index is 12.2. The quantitative estimate of drug-likeness (QED) is 0.458. The van der Waals surface area contributed by atoms with E-state index < -0.39 is 5.97 Å². The molecule has 7 heteroatoms. The van der Waals surface area contributed by atoms with Gasteiger partial charge in [0.15, 0.2) is 5.82 Å². The fourth-order valence-electron chi connectivity index (χ4n) is 2.50. The molecule has 0 saturated carbocycles. The van der Waals surface area contributed by atoms with Gasteiger partial charge in [-0.2, -0.15) is 0 Å². The van der Waals surface area contributed by atoms with Crippen LogP contribution in [0.2, 0.25) is 0 Å². The Balaban J connectivity index is 1.74. The van der Waals surface area contributed by atoms with Crippen LogP contribution in [0.15, 0.2) is 54.9 Å². The van der Waals surface area contributed by atoms with Crippen LogP contribution in [0.1, 0.15) is 23.1 Å². The highest BCUT2D eigenvalue weighted by Crippen LogP contribution is 2.18. The molecule has 134 valence electrons. The predicted octanol–water partition coefficient (Wildman–Crippen LogP) is 2.73. The molecule has 0 unspecified atom stereocenters. The standard InChI is InChI=1S/C19H20N4O3/c1-2-26-19(24)18-22-21-17(16-8-10-20-11-9-16)23(18)12-13-25-14-15-6-4-3-5-7-15/h3-11H,2,12-14H2,1H3. The third-order valence-corrected chi connectivity index (χ3v) is 3.72. The van der Waals surface area contributed by atoms with E-state index in [1.807, 2.05) is 42.5 Å². The molecule has 0 atom stereocenters. The van der Waals surface area contributed by atoms with Gasteiger partial charge in [0.1, 0.15) is 0 Å². The van der Waals surface area contributed by atoms with Crippen LogP contribution in [0.3, 0.4) is 0 Å². The molecule has 2 aromatic heterocycles. The summed E-state index contributed by atoms with van der Waals surface area (Å²) < 4.78 is 12.5. The lowest BCUT2D eigenvalue weighted by Gasteiger charge is -2.10. The summed E-state index contributed by atoms with van der Waals surface area (Å²) in [7, 11) is 0. The van der Waals surface area contributed by atoms with Crippen molar-refractivity contribution >= 4 is 5.97 Å². The van der Waals surface area contributed by atoms with Crippen molar-refractivity contribution in [3.8, 4) is 11.4 Å². The number of hydrogen-bond acceptors (Lipinski definition) is 6.